The fourth-order valence-electron chi connectivity index (χ4n) is 0.883. The van der Waals surface area contributed by atoms with Gasteiger partial charge in [-0.05, 0) is 41.4 Å². The van der Waals surface area contributed by atoms with E-state index >= 15 is 0 Å². The summed E-state index contributed by atoms with van der Waals surface area (Å²) in [5.74, 6) is -0.212. The molecule has 4 nitrogen and oxygen atoms in total. The van der Waals surface area contributed by atoms with Gasteiger partial charge in [0, 0.05) is 5.56 Å². The van der Waals surface area contributed by atoms with Crippen LogP contribution in [0, 0.1) is 0 Å². The maximum atomic E-state index is 10.8. The van der Waals surface area contributed by atoms with E-state index in [1.807, 2.05) is 0 Å². The molecule has 0 saturated carbocycles. The molecule has 0 heterocycles. The Bertz CT molecular complexity index is 389. The zero-order valence-electron chi connectivity index (χ0n) is 6.66. The molecule has 0 fully saturated rings. The second-order valence-corrected chi connectivity index (χ2v) is 3.04. The van der Waals surface area contributed by atoms with Crippen LogP contribution < -0.4 is 4.89 Å². The van der Waals surface area contributed by atoms with Crippen LogP contribution in [0.25, 0.3) is 0 Å². The average molecular weight is 235 g/mol. The van der Waals surface area contributed by atoms with E-state index in [9.17, 15) is 9.59 Å². The maximum Gasteiger partial charge on any atom is 0.256 e. The van der Waals surface area contributed by atoms with E-state index in [-0.39, 0.29) is 16.9 Å². The third kappa shape index (κ3) is 2.23. The molecule has 1 rings (SSSR count). The van der Waals surface area contributed by atoms with Gasteiger partial charge in [0.2, 0.25) is 0 Å². The number of hydrogen-bond acceptors (Lipinski definition) is 4. The molecule has 74 valence electrons. The SMILES string of the molecule is O=C(Cl)c1ccc(C(=O)Cl)c(OO)c1. The molecule has 14 heavy (non-hydrogen) atoms. The van der Waals surface area contributed by atoms with Crippen molar-refractivity contribution in [2.24, 2.45) is 0 Å². The molecular weight excluding hydrogens is 231 g/mol. The highest BCUT2D eigenvalue weighted by Gasteiger charge is 2.13. The second kappa shape index (κ2) is 4.41. The second-order valence-electron chi connectivity index (χ2n) is 2.35. The molecule has 0 aliphatic heterocycles. The molecule has 0 aliphatic carbocycles. The number of hydrogen-bond donors (Lipinski definition) is 1. The summed E-state index contributed by atoms with van der Waals surface area (Å²) in [7, 11) is 0. The van der Waals surface area contributed by atoms with Crippen molar-refractivity contribution in [1.82, 2.24) is 0 Å². The lowest BCUT2D eigenvalue weighted by Crippen LogP contribution is -1.98. The fraction of sp³-hybridized carbons (Fsp3) is 0. The Morgan fingerprint density at radius 2 is 1.86 bits per heavy atom. The standard InChI is InChI=1S/C8H4Cl2O4/c9-7(11)4-1-2-5(8(10)12)6(3-4)14-13/h1-3,13H. The Labute approximate surface area is 88.9 Å². The van der Waals surface area contributed by atoms with E-state index in [0.29, 0.717) is 0 Å². The van der Waals surface area contributed by atoms with Gasteiger partial charge in [-0.1, -0.05) is 0 Å². The van der Waals surface area contributed by atoms with Crippen molar-refractivity contribution in [2.45, 2.75) is 0 Å². The molecule has 0 unspecified atom stereocenters. The van der Waals surface area contributed by atoms with Crippen molar-refractivity contribution < 1.29 is 19.7 Å². The summed E-state index contributed by atoms with van der Waals surface area (Å²) in [4.78, 5) is 25.3. The molecule has 0 aliphatic rings. The summed E-state index contributed by atoms with van der Waals surface area (Å²) in [5, 5.41) is 6.88. The number of carbonyl (C=O) groups is 2. The van der Waals surface area contributed by atoms with Crippen LogP contribution in [0.2, 0.25) is 0 Å². The minimum Gasteiger partial charge on any atom is -0.339 e. The third-order valence-corrected chi connectivity index (χ3v) is 1.94. The van der Waals surface area contributed by atoms with Crippen molar-refractivity contribution in [2.75, 3.05) is 0 Å². The van der Waals surface area contributed by atoms with Crippen molar-refractivity contribution in [3.05, 3.63) is 29.3 Å². The Morgan fingerprint density at radius 1 is 1.21 bits per heavy atom. The van der Waals surface area contributed by atoms with Gasteiger partial charge in [0.25, 0.3) is 10.5 Å². The van der Waals surface area contributed by atoms with E-state index in [0.717, 1.165) is 6.07 Å². The molecule has 6 heteroatoms. The van der Waals surface area contributed by atoms with Crippen molar-refractivity contribution in [1.29, 1.82) is 0 Å². The van der Waals surface area contributed by atoms with Gasteiger partial charge in [0.1, 0.15) is 0 Å². The van der Waals surface area contributed by atoms with Crippen LogP contribution in [-0.2, 0) is 0 Å². The first-order valence-electron chi connectivity index (χ1n) is 3.41. The highest BCUT2D eigenvalue weighted by molar-refractivity contribution is 6.68. The summed E-state index contributed by atoms with van der Waals surface area (Å²) in [6.45, 7) is 0. The third-order valence-electron chi connectivity index (χ3n) is 1.52. The van der Waals surface area contributed by atoms with E-state index < -0.39 is 10.5 Å². The monoisotopic (exact) mass is 234 g/mol. The molecule has 0 bridgehead atoms. The maximum absolute atomic E-state index is 10.8. The summed E-state index contributed by atoms with van der Waals surface area (Å²) in [6.07, 6.45) is 0. The van der Waals surface area contributed by atoms with Crippen LogP contribution in [0.5, 0.6) is 5.75 Å². The van der Waals surface area contributed by atoms with Crippen LogP contribution in [0.4, 0.5) is 0 Å². The van der Waals surface area contributed by atoms with E-state index in [4.69, 9.17) is 28.5 Å². The molecular formula is C8H4Cl2O4. The van der Waals surface area contributed by atoms with Gasteiger partial charge in [-0.15, -0.1) is 0 Å². The summed E-state index contributed by atoms with van der Waals surface area (Å²) in [6, 6.07) is 3.65. The Kier molecular flexibility index (Phi) is 3.46. The molecule has 0 atom stereocenters. The molecule has 0 spiro atoms. The summed E-state index contributed by atoms with van der Waals surface area (Å²) in [5.41, 5.74) is 0.0493. The summed E-state index contributed by atoms with van der Waals surface area (Å²) >= 11 is 10.3. The number of carbonyl (C=O) groups excluding carboxylic acids is 2. The van der Waals surface area contributed by atoms with Crippen molar-refractivity contribution in [3.63, 3.8) is 0 Å². The largest absolute Gasteiger partial charge is 0.339 e. The first-order chi connectivity index (χ1) is 6.56. The lowest BCUT2D eigenvalue weighted by Gasteiger charge is -2.02. The van der Waals surface area contributed by atoms with Gasteiger partial charge in [-0.3, -0.25) is 9.59 Å². The molecule has 0 aromatic heterocycles. The topological polar surface area (TPSA) is 63.6 Å². The fourth-order valence-corrected chi connectivity index (χ4v) is 1.16. The number of rotatable bonds is 3. The minimum atomic E-state index is -0.803. The number of halogens is 2. The van der Waals surface area contributed by atoms with Gasteiger partial charge < -0.3 is 4.89 Å². The van der Waals surface area contributed by atoms with Crippen molar-refractivity contribution >= 4 is 33.7 Å². The van der Waals surface area contributed by atoms with Crippen LogP contribution in [0.15, 0.2) is 18.2 Å². The normalized spacial score (nSPS) is 9.64. The smallest absolute Gasteiger partial charge is 0.256 e. The van der Waals surface area contributed by atoms with Crippen LogP contribution in [0.3, 0.4) is 0 Å². The van der Waals surface area contributed by atoms with Crippen LogP contribution in [0.1, 0.15) is 20.7 Å². The Hall–Kier alpha value is -1.10. The van der Waals surface area contributed by atoms with Gasteiger partial charge in [-0.25, -0.2) is 5.26 Å². The van der Waals surface area contributed by atoms with Crippen LogP contribution >= 0.6 is 23.2 Å². The molecule has 0 radical (unpaired) electrons. The molecule has 1 aromatic carbocycles. The molecule has 0 saturated heterocycles. The predicted molar refractivity (Wildman–Crippen MR) is 50.1 cm³/mol. The quantitative estimate of drug-likeness (QED) is 0.496. The van der Waals surface area contributed by atoms with Gasteiger partial charge >= 0.3 is 0 Å². The van der Waals surface area contributed by atoms with Gasteiger partial charge in [0.15, 0.2) is 5.75 Å². The van der Waals surface area contributed by atoms with Crippen molar-refractivity contribution in [3.8, 4) is 5.75 Å². The van der Waals surface area contributed by atoms with Crippen LogP contribution in [-0.4, -0.2) is 15.7 Å². The predicted octanol–water partition coefficient (Wildman–Crippen LogP) is 2.30. The Morgan fingerprint density at radius 3 is 2.29 bits per heavy atom. The lowest BCUT2D eigenvalue weighted by molar-refractivity contribution is -0.137. The zero-order chi connectivity index (χ0) is 10.7. The van der Waals surface area contributed by atoms with Gasteiger partial charge in [-0.2, -0.15) is 0 Å². The first-order valence-corrected chi connectivity index (χ1v) is 4.17. The minimum absolute atomic E-state index is 0.0455. The first kappa shape index (κ1) is 11.0. The average Bonchev–Trinajstić information content (AvgIpc) is 2.16. The van der Waals surface area contributed by atoms with E-state index in [1.165, 1.54) is 12.1 Å². The van der Waals surface area contributed by atoms with E-state index in [1.54, 1.807) is 0 Å². The van der Waals surface area contributed by atoms with Gasteiger partial charge in [0.05, 0.1) is 5.56 Å². The lowest BCUT2D eigenvalue weighted by atomic mass is 10.1. The molecule has 1 aromatic rings. The zero-order valence-corrected chi connectivity index (χ0v) is 8.17. The highest BCUT2D eigenvalue weighted by atomic mass is 35.5. The summed E-state index contributed by atoms with van der Waals surface area (Å²) < 4.78 is 0. The molecule has 0 amide bonds. The Balaban J connectivity index is 3.25. The number of benzene rings is 1. The van der Waals surface area contributed by atoms with E-state index in [2.05, 4.69) is 4.89 Å². The highest BCUT2D eigenvalue weighted by Crippen LogP contribution is 2.22. The molecule has 1 N–H and O–H groups in total.